The van der Waals surface area contributed by atoms with Crippen LogP contribution in [0.15, 0.2) is 0 Å². The van der Waals surface area contributed by atoms with Crippen LogP contribution in [0, 0.1) is 0 Å². The Balaban J connectivity index is 1.58. The first-order chi connectivity index (χ1) is 9.93. The van der Waals surface area contributed by atoms with Crippen LogP contribution in [0.5, 0.6) is 0 Å². The summed E-state index contributed by atoms with van der Waals surface area (Å²) in [6, 6.07) is 0. The molecule has 4 fully saturated rings. The van der Waals surface area contributed by atoms with Gasteiger partial charge in [0.25, 0.3) is 0 Å². The molecule has 114 valence electrons. The predicted octanol–water partition coefficient (Wildman–Crippen LogP) is 5.45. The zero-order chi connectivity index (χ0) is 13.4. The third-order valence-electron chi connectivity index (χ3n) is 6.45. The van der Waals surface area contributed by atoms with Gasteiger partial charge in [0, 0.05) is 11.3 Å². The van der Waals surface area contributed by atoms with Gasteiger partial charge in [-0.2, -0.15) is 0 Å². The van der Waals surface area contributed by atoms with Crippen LogP contribution >= 0.6 is 7.92 Å². The van der Waals surface area contributed by atoms with Crippen LogP contribution in [0.2, 0.25) is 0 Å². The van der Waals surface area contributed by atoms with Crippen molar-refractivity contribution in [3.63, 3.8) is 0 Å². The van der Waals surface area contributed by atoms with E-state index in [2.05, 4.69) is 0 Å². The number of rotatable bonds is 1. The molecule has 1 saturated heterocycles. The molecule has 0 amide bonds. The summed E-state index contributed by atoms with van der Waals surface area (Å²) >= 11 is 0. The van der Waals surface area contributed by atoms with E-state index < -0.39 is 0 Å². The van der Waals surface area contributed by atoms with Crippen molar-refractivity contribution < 1.29 is 4.74 Å². The lowest BCUT2D eigenvalue weighted by Gasteiger charge is -2.54. The van der Waals surface area contributed by atoms with E-state index in [1.807, 2.05) is 0 Å². The highest BCUT2D eigenvalue weighted by atomic mass is 31.1. The van der Waals surface area contributed by atoms with Crippen molar-refractivity contribution in [2.45, 2.75) is 113 Å². The molecule has 1 nitrogen and oxygen atoms in total. The average molecular weight is 294 g/mol. The lowest BCUT2D eigenvalue weighted by atomic mass is 9.93. The molecule has 2 heteroatoms. The monoisotopic (exact) mass is 294 g/mol. The Bertz CT molecular complexity index is 303. The third-order valence-corrected chi connectivity index (χ3v) is 10.5. The van der Waals surface area contributed by atoms with Gasteiger partial charge in [0.1, 0.15) is 0 Å². The molecule has 4 aliphatic rings. The fourth-order valence-electron chi connectivity index (χ4n) is 5.55. The zero-order valence-electron chi connectivity index (χ0n) is 12.9. The van der Waals surface area contributed by atoms with Crippen molar-refractivity contribution in [2.24, 2.45) is 0 Å². The van der Waals surface area contributed by atoms with Crippen LogP contribution in [0.3, 0.4) is 0 Å². The summed E-state index contributed by atoms with van der Waals surface area (Å²) in [5, 5.41) is 0. The zero-order valence-corrected chi connectivity index (χ0v) is 13.8. The van der Waals surface area contributed by atoms with Gasteiger partial charge >= 0.3 is 0 Å². The summed E-state index contributed by atoms with van der Waals surface area (Å²) in [5.74, 6) is 0. The minimum Gasteiger partial charge on any atom is -0.374 e. The van der Waals surface area contributed by atoms with E-state index in [0.29, 0.717) is 12.2 Å². The lowest BCUT2D eigenvalue weighted by molar-refractivity contribution is -0.0517. The van der Waals surface area contributed by atoms with Crippen LogP contribution in [-0.2, 0) is 4.74 Å². The largest absolute Gasteiger partial charge is 0.374 e. The Morgan fingerprint density at radius 2 is 1.05 bits per heavy atom. The second-order valence-corrected chi connectivity index (χ2v) is 10.6. The first kappa shape index (κ1) is 14.0. The average Bonchev–Trinajstić information content (AvgIpc) is 2.53. The van der Waals surface area contributed by atoms with Crippen molar-refractivity contribution in [3.05, 3.63) is 0 Å². The van der Waals surface area contributed by atoms with E-state index in [-0.39, 0.29) is 7.92 Å². The predicted molar refractivity (Wildman–Crippen MR) is 87.0 cm³/mol. The number of fused-ring (bicyclic) bond motifs is 2. The maximum Gasteiger partial charge on any atom is 0.0646 e. The van der Waals surface area contributed by atoms with Gasteiger partial charge < -0.3 is 4.74 Å². The maximum atomic E-state index is 6.63. The van der Waals surface area contributed by atoms with Gasteiger partial charge in [-0.25, -0.2) is 0 Å². The van der Waals surface area contributed by atoms with Crippen LogP contribution in [0.4, 0.5) is 0 Å². The Kier molecular flexibility index (Phi) is 4.38. The maximum absolute atomic E-state index is 6.63. The first-order valence-electron chi connectivity index (χ1n) is 9.36. The van der Waals surface area contributed by atoms with Crippen LogP contribution in [0.25, 0.3) is 0 Å². The molecule has 20 heavy (non-hydrogen) atoms. The van der Waals surface area contributed by atoms with Gasteiger partial charge in [0.2, 0.25) is 0 Å². The fourth-order valence-corrected chi connectivity index (χ4v) is 10.2. The smallest absolute Gasteiger partial charge is 0.0646 e. The quantitative estimate of drug-likeness (QED) is 0.584. The van der Waals surface area contributed by atoms with E-state index in [0.717, 1.165) is 17.0 Å². The van der Waals surface area contributed by atoms with E-state index in [9.17, 15) is 0 Å². The molecule has 4 rings (SSSR count). The Morgan fingerprint density at radius 3 is 1.65 bits per heavy atom. The Morgan fingerprint density at radius 1 is 0.550 bits per heavy atom. The molecular weight excluding hydrogens is 263 g/mol. The Labute approximate surface area is 126 Å². The summed E-state index contributed by atoms with van der Waals surface area (Å²) in [5.41, 5.74) is 3.13. The van der Waals surface area contributed by atoms with Crippen LogP contribution < -0.4 is 0 Å². The van der Waals surface area contributed by atoms with Crippen LogP contribution in [0.1, 0.15) is 83.5 Å². The second kappa shape index (κ2) is 6.25. The summed E-state index contributed by atoms with van der Waals surface area (Å²) in [6.07, 6.45) is 20.7. The molecule has 4 unspecified atom stereocenters. The number of ether oxygens (including phenoxy) is 1. The summed E-state index contributed by atoms with van der Waals surface area (Å²) in [7, 11) is 0.270. The molecule has 1 aliphatic heterocycles. The van der Waals surface area contributed by atoms with Crippen LogP contribution in [-0.4, -0.2) is 29.2 Å². The van der Waals surface area contributed by atoms with E-state index in [1.165, 1.54) is 70.6 Å². The first-order valence-corrected chi connectivity index (χ1v) is 10.9. The van der Waals surface area contributed by atoms with Crippen molar-refractivity contribution in [1.29, 1.82) is 0 Å². The minimum absolute atomic E-state index is 0.270. The van der Waals surface area contributed by atoms with Gasteiger partial charge in [0.15, 0.2) is 0 Å². The molecule has 0 aromatic rings. The summed E-state index contributed by atoms with van der Waals surface area (Å²) in [4.78, 5) is 0. The summed E-state index contributed by atoms with van der Waals surface area (Å²) in [6.45, 7) is 0. The van der Waals surface area contributed by atoms with Gasteiger partial charge in [-0.1, -0.05) is 52.9 Å². The number of hydrogen-bond acceptors (Lipinski definition) is 1. The highest BCUT2D eigenvalue weighted by molar-refractivity contribution is 7.60. The normalized spacial score (nSPS) is 46.5. The summed E-state index contributed by atoms with van der Waals surface area (Å²) < 4.78 is 6.63. The van der Waals surface area contributed by atoms with E-state index in [4.69, 9.17) is 4.74 Å². The fraction of sp³-hybridized carbons (Fsp3) is 1.00. The molecule has 3 aliphatic carbocycles. The highest BCUT2D eigenvalue weighted by Gasteiger charge is 2.48. The highest BCUT2D eigenvalue weighted by Crippen LogP contribution is 2.65. The Hall–Kier alpha value is 0.390. The standard InChI is InChI=1S/C18H31OP/c1-2-8-14(9-3-1)20-17-12-6-4-10-15(17)19-16-11-5-7-13-18(16)20/h14-18H,1-13H2. The molecule has 0 aromatic carbocycles. The molecule has 1 heterocycles. The SMILES string of the molecule is C1CCC(P2C3CCCCC3OC3CCCCC32)CC1. The molecule has 0 N–H and O–H groups in total. The topological polar surface area (TPSA) is 9.23 Å². The molecule has 0 bridgehead atoms. The molecule has 3 saturated carbocycles. The molecule has 4 atom stereocenters. The third kappa shape index (κ3) is 2.58. The molecule has 0 aromatic heterocycles. The van der Waals surface area contributed by atoms with Gasteiger partial charge in [-0.15, -0.1) is 0 Å². The van der Waals surface area contributed by atoms with Crippen molar-refractivity contribution in [1.82, 2.24) is 0 Å². The van der Waals surface area contributed by atoms with E-state index in [1.54, 1.807) is 12.8 Å². The number of hydrogen-bond donors (Lipinski definition) is 0. The van der Waals surface area contributed by atoms with Gasteiger partial charge in [-0.05, 0) is 44.2 Å². The molecule has 0 spiro atoms. The van der Waals surface area contributed by atoms with Crippen molar-refractivity contribution in [2.75, 3.05) is 0 Å². The molecule has 0 radical (unpaired) electrons. The van der Waals surface area contributed by atoms with Crippen molar-refractivity contribution >= 4 is 7.92 Å². The molecular formula is C18H31OP. The van der Waals surface area contributed by atoms with Gasteiger partial charge in [-0.3, -0.25) is 0 Å². The second-order valence-electron chi connectivity index (χ2n) is 7.66. The van der Waals surface area contributed by atoms with Crippen molar-refractivity contribution in [3.8, 4) is 0 Å². The lowest BCUT2D eigenvalue weighted by Crippen LogP contribution is -2.49. The van der Waals surface area contributed by atoms with Gasteiger partial charge in [0.05, 0.1) is 12.2 Å². The minimum atomic E-state index is 0.270. The van der Waals surface area contributed by atoms with E-state index >= 15 is 0 Å².